The molecule has 5 saturated carbocycles. The highest BCUT2D eigenvalue weighted by Crippen LogP contribution is 2.60. The summed E-state index contributed by atoms with van der Waals surface area (Å²) in [5.74, 6) is 2.15. The summed E-state index contributed by atoms with van der Waals surface area (Å²) in [4.78, 5) is 25.1. The van der Waals surface area contributed by atoms with E-state index in [0.717, 1.165) is 49.1 Å². The van der Waals surface area contributed by atoms with Crippen molar-refractivity contribution in [3.63, 3.8) is 0 Å². The van der Waals surface area contributed by atoms with Crippen molar-refractivity contribution in [2.45, 2.75) is 108 Å². The topological polar surface area (TPSA) is 98.9 Å². The van der Waals surface area contributed by atoms with Gasteiger partial charge in [0.2, 0.25) is 5.91 Å². The van der Waals surface area contributed by atoms with Crippen LogP contribution in [-0.2, 0) is 10.2 Å². The van der Waals surface area contributed by atoms with Crippen molar-refractivity contribution in [2.75, 3.05) is 6.54 Å². The van der Waals surface area contributed by atoms with Gasteiger partial charge in [-0.1, -0.05) is 0 Å². The highest BCUT2D eigenvalue weighted by molar-refractivity contribution is 5.95. The molecule has 0 atom stereocenters. The second-order valence-corrected chi connectivity index (χ2v) is 12.6. The summed E-state index contributed by atoms with van der Waals surface area (Å²) in [6.07, 6.45) is 12.0. The number of hydrogen-bond acceptors (Lipinski definition) is 4. The molecule has 0 aromatic carbocycles. The van der Waals surface area contributed by atoms with Gasteiger partial charge in [0.25, 0.3) is 5.91 Å². The average Bonchev–Trinajstić information content (AvgIpc) is 3.23. The Balaban J connectivity index is 1.09. The first-order valence-electron chi connectivity index (χ1n) is 13.1. The molecule has 0 aliphatic heterocycles. The summed E-state index contributed by atoms with van der Waals surface area (Å²) in [5.41, 5.74) is 1.85. The van der Waals surface area contributed by atoms with E-state index in [9.17, 15) is 9.59 Å². The molecule has 5 fully saturated rings. The van der Waals surface area contributed by atoms with Gasteiger partial charge in [0.15, 0.2) is 0 Å². The Morgan fingerprint density at radius 1 is 1.00 bits per heavy atom. The molecule has 0 spiro atoms. The zero-order chi connectivity index (χ0) is 23.2. The molecule has 0 radical (unpaired) electrons. The van der Waals surface area contributed by atoms with E-state index < -0.39 is 0 Å². The molecule has 1 heterocycles. The highest BCUT2D eigenvalue weighted by Gasteiger charge is 2.52. The molecule has 2 amide bonds. The molecule has 0 saturated heterocycles. The number of hydrogen-bond donors (Lipinski definition) is 4. The highest BCUT2D eigenvalue weighted by atomic mass is 16.2. The Labute approximate surface area is 197 Å². The SMILES string of the molecule is CC(C)(C)NC1CCC(NC(=O)CNC(=O)c2cc(C34CC5CC(CC(C5)C3)C4)[nH]n2)CC1. The fraction of sp³-hybridized carbons (Fsp3) is 0.808. The molecule has 1 aromatic heterocycles. The number of carbonyl (C=O) groups excluding carboxylic acids is 2. The minimum Gasteiger partial charge on any atom is -0.352 e. The molecule has 7 heteroatoms. The van der Waals surface area contributed by atoms with Gasteiger partial charge in [-0.2, -0.15) is 5.10 Å². The van der Waals surface area contributed by atoms with Gasteiger partial charge >= 0.3 is 0 Å². The molecule has 33 heavy (non-hydrogen) atoms. The van der Waals surface area contributed by atoms with Crippen molar-refractivity contribution in [3.8, 4) is 0 Å². The molecule has 6 rings (SSSR count). The lowest BCUT2D eigenvalue weighted by Gasteiger charge is -2.56. The Morgan fingerprint density at radius 3 is 2.15 bits per heavy atom. The quantitative estimate of drug-likeness (QED) is 0.528. The third-order valence-corrected chi connectivity index (χ3v) is 8.56. The molecular formula is C26H41N5O2. The van der Waals surface area contributed by atoms with E-state index in [-0.39, 0.29) is 35.4 Å². The molecule has 5 aliphatic rings. The minimum atomic E-state index is -0.268. The third kappa shape index (κ3) is 5.13. The molecule has 7 nitrogen and oxygen atoms in total. The van der Waals surface area contributed by atoms with Gasteiger partial charge in [0, 0.05) is 28.7 Å². The Bertz CT molecular complexity index is 842. The maximum absolute atomic E-state index is 12.7. The molecule has 182 valence electrons. The summed E-state index contributed by atoms with van der Waals surface area (Å²) >= 11 is 0. The number of H-pyrrole nitrogens is 1. The van der Waals surface area contributed by atoms with Gasteiger partial charge in [0.1, 0.15) is 5.69 Å². The van der Waals surface area contributed by atoms with Crippen molar-refractivity contribution in [3.05, 3.63) is 17.5 Å². The first kappa shape index (κ1) is 22.9. The molecule has 0 unspecified atom stereocenters. The number of carbonyl (C=O) groups is 2. The number of aromatic amines is 1. The van der Waals surface area contributed by atoms with Crippen molar-refractivity contribution in [1.29, 1.82) is 0 Å². The lowest BCUT2D eigenvalue weighted by Crippen LogP contribution is -2.49. The zero-order valence-corrected chi connectivity index (χ0v) is 20.5. The second-order valence-electron chi connectivity index (χ2n) is 12.6. The van der Waals surface area contributed by atoms with E-state index in [0.29, 0.717) is 11.7 Å². The summed E-state index contributed by atoms with van der Waals surface area (Å²) < 4.78 is 0. The number of amides is 2. The van der Waals surface area contributed by atoms with Crippen molar-refractivity contribution < 1.29 is 9.59 Å². The fourth-order valence-electron chi connectivity index (χ4n) is 7.67. The molecule has 4 bridgehead atoms. The van der Waals surface area contributed by atoms with E-state index in [1.54, 1.807) is 0 Å². The first-order chi connectivity index (χ1) is 15.7. The van der Waals surface area contributed by atoms with Crippen LogP contribution in [0.2, 0.25) is 0 Å². The summed E-state index contributed by atoms with van der Waals surface area (Å²) in [6, 6.07) is 2.66. The monoisotopic (exact) mass is 455 g/mol. The van der Waals surface area contributed by atoms with Crippen LogP contribution in [-0.4, -0.2) is 46.2 Å². The van der Waals surface area contributed by atoms with Crippen LogP contribution in [0.5, 0.6) is 0 Å². The van der Waals surface area contributed by atoms with Crippen LogP contribution in [0, 0.1) is 17.8 Å². The van der Waals surface area contributed by atoms with Gasteiger partial charge in [0.05, 0.1) is 6.54 Å². The number of nitrogens with one attached hydrogen (secondary N) is 4. The Morgan fingerprint density at radius 2 is 1.58 bits per heavy atom. The average molecular weight is 456 g/mol. The van der Waals surface area contributed by atoms with E-state index in [1.165, 1.54) is 38.5 Å². The maximum Gasteiger partial charge on any atom is 0.272 e. The predicted molar refractivity (Wildman–Crippen MR) is 128 cm³/mol. The fourth-order valence-corrected chi connectivity index (χ4v) is 7.67. The minimum absolute atomic E-state index is 0.00143. The van der Waals surface area contributed by atoms with Gasteiger partial charge < -0.3 is 16.0 Å². The Hall–Kier alpha value is -1.89. The third-order valence-electron chi connectivity index (χ3n) is 8.56. The van der Waals surface area contributed by atoms with Crippen LogP contribution in [0.25, 0.3) is 0 Å². The molecule has 4 N–H and O–H groups in total. The van der Waals surface area contributed by atoms with Gasteiger partial charge in [-0.05, 0) is 109 Å². The van der Waals surface area contributed by atoms with Gasteiger partial charge in [-0.25, -0.2) is 0 Å². The number of nitrogens with zero attached hydrogens (tertiary/aromatic N) is 1. The normalized spacial score (nSPS) is 35.4. The second kappa shape index (κ2) is 8.71. The van der Waals surface area contributed by atoms with Crippen molar-refractivity contribution in [1.82, 2.24) is 26.1 Å². The first-order valence-corrected chi connectivity index (χ1v) is 13.1. The lowest BCUT2D eigenvalue weighted by atomic mass is 9.49. The molecule has 5 aliphatic carbocycles. The van der Waals surface area contributed by atoms with Crippen LogP contribution in [0.1, 0.15) is 101 Å². The van der Waals surface area contributed by atoms with Crippen molar-refractivity contribution in [2.24, 2.45) is 17.8 Å². The summed E-state index contributed by atoms with van der Waals surface area (Å²) in [6.45, 7) is 6.57. The standard InChI is InChI=1S/C26H41N5O2/c1-25(2,3)29-20-6-4-19(5-7-20)28-23(32)15-27-24(33)21-11-22(31-30-21)26-12-16-8-17(13-26)10-18(9-16)14-26/h11,16-20,29H,4-10,12-15H2,1-3H3,(H,27,33)(H,28,32)(H,30,31). The zero-order valence-electron chi connectivity index (χ0n) is 20.5. The molecular weight excluding hydrogens is 414 g/mol. The molecule has 1 aromatic rings. The van der Waals surface area contributed by atoms with Gasteiger partial charge in [-0.3, -0.25) is 14.7 Å². The van der Waals surface area contributed by atoms with Crippen molar-refractivity contribution >= 4 is 11.8 Å². The van der Waals surface area contributed by atoms with Crippen LogP contribution >= 0.6 is 0 Å². The van der Waals surface area contributed by atoms with Crippen LogP contribution in [0.3, 0.4) is 0 Å². The lowest BCUT2D eigenvalue weighted by molar-refractivity contribution is -0.121. The van der Waals surface area contributed by atoms with Crippen LogP contribution in [0.15, 0.2) is 6.07 Å². The van der Waals surface area contributed by atoms with Crippen LogP contribution < -0.4 is 16.0 Å². The van der Waals surface area contributed by atoms with Crippen LogP contribution in [0.4, 0.5) is 0 Å². The van der Waals surface area contributed by atoms with E-state index >= 15 is 0 Å². The summed E-state index contributed by atoms with van der Waals surface area (Å²) in [5, 5.41) is 17.0. The summed E-state index contributed by atoms with van der Waals surface area (Å²) in [7, 11) is 0. The largest absolute Gasteiger partial charge is 0.352 e. The van der Waals surface area contributed by atoms with E-state index in [2.05, 4.69) is 46.9 Å². The smallest absolute Gasteiger partial charge is 0.272 e. The van der Waals surface area contributed by atoms with E-state index in [4.69, 9.17) is 0 Å². The predicted octanol–water partition coefficient (Wildman–Crippen LogP) is 3.42. The van der Waals surface area contributed by atoms with E-state index in [1.807, 2.05) is 6.07 Å². The number of rotatable bonds is 6. The van der Waals surface area contributed by atoms with Gasteiger partial charge in [-0.15, -0.1) is 0 Å². The number of aromatic nitrogens is 2. The maximum atomic E-state index is 12.7. The Kier molecular flexibility index (Phi) is 6.04.